The zero-order valence-corrected chi connectivity index (χ0v) is 18.1. The molecule has 1 fully saturated rings. The molecule has 3 aromatic rings. The van der Waals surface area contributed by atoms with Gasteiger partial charge in [0.25, 0.3) is 5.91 Å². The van der Waals surface area contributed by atoms with Crippen LogP contribution in [0.5, 0.6) is 0 Å². The topological polar surface area (TPSA) is 122 Å². The summed E-state index contributed by atoms with van der Waals surface area (Å²) in [6.45, 7) is 1.09. The smallest absolute Gasteiger partial charge is 0.325 e. The third kappa shape index (κ3) is 4.41. The van der Waals surface area contributed by atoms with E-state index in [4.69, 9.17) is 5.73 Å². The average Bonchev–Trinajstić information content (AvgIpc) is 3.02. The summed E-state index contributed by atoms with van der Waals surface area (Å²) in [6, 6.07) is 20.7. The molecule has 4 N–H and O–H groups in total. The molecule has 2 unspecified atom stereocenters. The Morgan fingerprint density at radius 2 is 1.67 bits per heavy atom. The summed E-state index contributed by atoms with van der Waals surface area (Å²) in [5, 5.41) is 7.17. The fraction of sp³-hybridized carbons (Fsp3) is 0.200. The zero-order chi connectivity index (χ0) is 23.6. The fourth-order valence-electron chi connectivity index (χ4n) is 3.99. The van der Waals surface area contributed by atoms with E-state index in [1.54, 1.807) is 13.0 Å². The molecule has 0 aliphatic carbocycles. The van der Waals surface area contributed by atoms with Gasteiger partial charge in [-0.2, -0.15) is 0 Å². The van der Waals surface area contributed by atoms with Gasteiger partial charge in [0.15, 0.2) is 0 Å². The summed E-state index contributed by atoms with van der Waals surface area (Å²) in [6.07, 6.45) is 0.205. The van der Waals surface area contributed by atoms with E-state index in [0.29, 0.717) is 5.56 Å². The Hall–Kier alpha value is -4.20. The van der Waals surface area contributed by atoms with Crippen molar-refractivity contribution in [1.82, 2.24) is 15.5 Å². The molecule has 0 spiro atoms. The van der Waals surface area contributed by atoms with Crippen molar-refractivity contribution >= 4 is 34.5 Å². The molecule has 1 saturated heterocycles. The molecule has 168 valence electrons. The van der Waals surface area contributed by atoms with Crippen LogP contribution in [-0.2, 0) is 26.3 Å². The lowest BCUT2D eigenvalue weighted by Gasteiger charge is -2.23. The minimum Gasteiger partial charge on any atom is -0.368 e. The second kappa shape index (κ2) is 8.74. The van der Waals surface area contributed by atoms with Crippen LogP contribution in [0.3, 0.4) is 0 Å². The first-order valence-corrected chi connectivity index (χ1v) is 10.5. The van der Waals surface area contributed by atoms with Gasteiger partial charge in [-0.1, -0.05) is 66.7 Å². The predicted molar refractivity (Wildman–Crippen MR) is 123 cm³/mol. The van der Waals surface area contributed by atoms with Crippen molar-refractivity contribution in [2.45, 2.75) is 24.9 Å². The van der Waals surface area contributed by atoms with E-state index in [1.165, 1.54) is 0 Å². The number of benzene rings is 3. The Labute approximate surface area is 190 Å². The lowest BCUT2D eigenvalue weighted by Crippen LogP contribution is -2.50. The Bertz CT molecular complexity index is 1240. The highest BCUT2D eigenvalue weighted by Crippen LogP contribution is 2.30. The molecule has 1 aliphatic heterocycles. The van der Waals surface area contributed by atoms with Gasteiger partial charge in [-0.25, -0.2) is 4.79 Å². The van der Waals surface area contributed by atoms with E-state index in [1.807, 2.05) is 66.7 Å². The van der Waals surface area contributed by atoms with Gasteiger partial charge in [0, 0.05) is 6.42 Å². The number of nitrogens with one attached hydrogen (secondary N) is 2. The quantitative estimate of drug-likeness (QED) is 0.481. The zero-order valence-electron chi connectivity index (χ0n) is 18.1. The molecule has 0 saturated carbocycles. The number of imide groups is 1. The van der Waals surface area contributed by atoms with Crippen molar-refractivity contribution in [3.05, 3.63) is 83.9 Å². The van der Waals surface area contributed by atoms with Gasteiger partial charge >= 0.3 is 6.03 Å². The van der Waals surface area contributed by atoms with Crippen LogP contribution in [0.2, 0.25) is 0 Å². The highest BCUT2D eigenvalue weighted by Gasteiger charge is 2.49. The van der Waals surface area contributed by atoms with E-state index in [0.717, 1.165) is 21.2 Å². The minimum absolute atomic E-state index is 0.205. The number of nitrogens with zero attached hydrogens (tertiary/aromatic N) is 1. The third-order valence-electron chi connectivity index (χ3n) is 5.86. The number of fused-ring (bicyclic) bond motifs is 1. The van der Waals surface area contributed by atoms with Crippen LogP contribution in [0, 0.1) is 0 Å². The summed E-state index contributed by atoms with van der Waals surface area (Å²) < 4.78 is 0. The molecule has 0 aromatic heterocycles. The van der Waals surface area contributed by atoms with Gasteiger partial charge in [0.1, 0.15) is 18.1 Å². The minimum atomic E-state index is -1.31. The van der Waals surface area contributed by atoms with Crippen LogP contribution in [0.4, 0.5) is 4.79 Å². The summed E-state index contributed by atoms with van der Waals surface area (Å²) in [5.74, 6) is -1.90. The molecular weight excluding hydrogens is 420 g/mol. The van der Waals surface area contributed by atoms with Crippen LogP contribution >= 0.6 is 0 Å². The summed E-state index contributed by atoms with van der Waals surface area (Å²) in [7, 11) is 0. The molecular formula is C25H24N4O4. The maximum absolute atomic E-state index is 13.2. The second-order valence-corrected chi connectivity index (χ2v) is 8.22. The van der Waals surface area contributed by atoms with Gasteiger partial charge in [-0.15, -0.1) is 0 Å². The van der Waals surface area contributed by atoms with Gasteiger partial charge in [0.2, 0.25) is 11.8 Å². The van der Waals surface area contributed by atoms with Crippen molar-refractivity contribution in [2.75, 3.05) is 6.54 Å². The number of primary amides is 1. The van der Waals surface area contributed by atoms with Crippen molar-refractivity contribution < 1.29 is 19.2 Å². The molecule has 5 amide bonds. The molecule has 2 atom stereocenters. The summed E-state index contributed by atoms with van der Waals surface area (Å²) >= 11 is 0. The molecule has 0 radical (unpaired) electrons. The van der Waals surface area contributed by atoms with Crippen molar-refractivity contribution in [1.29, 1.82) is 0 Å². The third-order valence-corrected chi connectivity index (χ3v) is 5.86. The lowest BCUT2D eigenvalue weighted by atomic mass is 9.90. The van der Waals surface area contributed by atoms with Gasteiger partial charge in [-0.05, 0) is 34.9 Å². The number of hydrogen-bond donors (Lipinski definition) is 3. The monoisotopic (exact) mass is 444 g/mol. The molecule has 0 bridgehead atoms. The van der Waals surface area contributed by atoms with Crippen LogP contribution in [0.25, 0.3) is 10.8 Å². The Balaban J connectivity index is 1.48. The summed E-state index contributed by atoms with van der Waals surface area (Å²) in [4.78, 5) is 51.1. The number of amides is 5. The first kappa shape index (κ1) is 22.0. The molecule has 3 aromatic carbocycles. The van der Waals surface area contributed by atoms with Gasteiger partial charge in [0.05, 0.1) is 0 Å². The Kier molecular flexibility index (Phi) is 5.83. The maximum atomic E-state index is 13.2. The number of rotatable bonds is 7. The summed E-state index contributed by atoms with van der Waals surface area (Å²) in [5.41, 5.74) is 5.57. The molecule has 4 rings (SSSR count). The number of carbonyl (C=O) groups is 4. The van der Waals surface area contributed by atoms with Gasteiger partial charge in [-0.3, -0.25) is 19.3 Å². The fourth-order valence-corrected chi connectivity index (χ4v) is 3.99. The van der Waals surface area contributed by atoms with Crippen LogP contribution in [-0.4, -0.2) is 41.2 Å². The van der Waals surface area contributed by atoms with E-state index >= 15 is 0 Å². The van der Waals surface area contributed by atoms with E-state index in [-0.39, 0.29) is 6.42 Å². The number of nitrogens with two attached hydrogens (primary N) is 1. The highest BCUT2D eigenvalue weighted by atomic mass is 16.2. The van der Waals surface area contributed by atoms with Crippen LogP contribution in [0.15, 0.2) is 72.8 Å². The maximum Gasteiger partial charge on any atom is 0.325 e. The molecule has 1 heterocycles. The predicted octanol–water partition coefficient (Wildman–Crippen LogP) is 1.82. The first-order valence-electron chi connectivity index (χ1n) is 10.5. The Morgan fingerprint density at radius 1 is 1.00 bits per heavy atom. The first-order chi connectivity index (χ1) is 15.8. The van der Waals surface area contributed by atoms with Crippen molar-refractivity contribution in [3.8, 4) is 0 Å². The van der Waals surface area contributed by atoms with Crippen molar-refractivity contribution in [2.24, 2.45) is 5.73 Å². The number of hydrogen-bond acceptors (Lipinski definition) is 4. The number of carbonyl (C=O) groups excluding carboxylic acids is 4. The highest BCUT2D eigenvalue weighted by molar-refractivity contribution is 6.09. The molecule has 8 heteroatoms. The normalized spacial score (nSPS) is 18.8. The molecule has 1 aliphatic rings. The second-order valence-electron chi connectivity index (χ2n) is 8.22. The van der Waals surface area contributed by atoms with Crippen LogP contribution in [0.1, 0.15) is 18.1 Å². The lowest BCUT2D eigenvalue weighted by molar-refractivity contribution is -0.135. The average molecular weight is 444 g/mol. The van der Waals surface area contributed by atoms with Crippen molar-refractivity contribution in [3.63, 3.8) is 0 Å². The Morgan fingerprint density at radius 3 is 2.36 bits per heavy atom. The van der Waals surface area contributed by atoms with E-state index in [2.05, 4.69) is 10.6 Å². The van der Waals surface area contributed by atoms with Crippen LogP contribution < -0.4 is 16.4 Å². The van der Waals surface area contributed by atoms with Gasteiger partial charge < -0.3 is 16.4 Å². The van der Waals surface area contributed by atoms with E-state index < -0.39 is 41.9 Å². The van der Waals surface area contributed by atoms with E-state index in [9.17, 15) is 19.2 Å². The molecule has 8 nitrogen and oxygen atoms in total. The molecule has 33 heavy (non-hydrogen) atoms. The number of urea groups is 1. The largest absolute Gasteiger partial charge is 0.368 e. The standard InChI is InChI=1S/C25H24N4O4/c1-25(19-12-11-17-9-5-6-10-18(17)14-19)23(32)29(24(33)28-25)15-21(30)27-20(22(26)31)13-16-7-3-2-4-8-16/h2-12,14,20H,13,15H2,1H3,(H2,26,31)(H,27,30)(H,28,33). The SMILES string of the molecule is CC1(c2ccc3ccccc3c2)NC(=O)N(CC(=O)NC(Cc2ccccc2)C(N)=O)C1=O.